The molecule has 2 rings (SSSR count). The van der Waals surface area contributed by atoms with Crippen molar-refractivity contribution >= 4 is 37.6 Å². The molecular formula is C17H23BrN2O4S. The van der Waals surface area contributed by atoms with Crippen LogP contribution in [0.2, 0.25) is 0 Å². The molecule has 2 amide bonds. The molecule has 0 radical (unpaired) electrons. The molecule has 1 aliphatic carbocycles. The van der Waals surface area contributed by atoms with Gasteiger partial charge in [-0.2, -0.15) is 0 Å². The van der Waals surface area contributed by atoms with Crippen LogP contribution in [0.3, 0.4) is 0 Å². The van der Waals surface area contributed by atoms with Gasteiger partial charge < -0.3 is 10.6 Å². The highest BCUT2D eigenvalue weighted by Crippen LogP contribution is 2.18. The van der Waals surface area contributed by atoms with Gasteiger partial charge in [0.1, 0.15) is 15.9 Å². The molecule has 2 N–H and O–H groups in total. The van der Waals surface area contributed by atoms with Gasteiger partial charge in [0.2, 0.25) is 5.91 Å². The summed E-state index contributed by atoms with van der Waals surface area (Å²) in [6.45, 7) is 0. The number of nitrogens with one attached hydrogen (secondary N) is 2. The zero-order chi connectivity index (χ0) is 18.4. The Morgan fingerprint density at radius 3 is 2.48 bits per heavy atom. The molecule has 0 aliphatic heterocycles. The number of carbonyl (C=O) groups excluding carboxylic acids is 2. The largest absolute Gasteiger partial charge is 0.352 e. The third-order valence-corrected chi connectivity index (χ3v) is 5.89. The van der Waals surface area contributed by atoms with Crippen molar-refractivity contribution in [1.82, 2.24) is 10.6 Å². The molecule has 0 aromatic heterocycles. The third-order valence-electron chi connectivity index (χ3n) is 4.22. The van der Waals surface area contributed by atoms with Crippen LogP contribution < -0.4 is 10.6 Å². The van der Waals surface area contributed by atoms with E-state index < -0.39 is 21.8 Å². The van der Waals surface area contributed by atoms with E-state index in [0.717, 1.165) is 31.9 Å². The zero-order valence-electron chi connectivity index (χ0n) is 14.1. The molecule has 1 atom stereocenters. The Kier molecular flexibility index (Phi) is 7.01. The lowest BCUT2D eigenvalue weighted by atomic mass is 10.1. The van der Waals surface area contributed by atoms with E-state index in [2.05, 4.69) is 26.6 Å². The Bertz CT molecular complexity index is 730. The van der Waals surface area contributed by atoms with Gasteiger partial charge in [0.05, 0.1) is 11.3 Å². The number of hydrogen-bond acceptors (Lipinski definition) is 4. The molecule has 0 heterocycles. The molecule has 6 nitrogen and oxygen atoms in total. The molecule has 1 fully saturated rings. The average Bonchev–Trinajstić information content (AvgIpc) is 3.03. The van der Waals surface area contributed by atoms with Crippen LogP contribution in [0.1, 0.15) is 42.5 Å². The summed E-state index contributed by atoms with van der Waals surface area (Å²) in [6.07, 6.45) is 5.15. The summed E-state index contributed by atoms with van der Waals surface area (Å²) >= 11 is 3.31. The van der Waals surface area contributed by atoms with Gasteiger partial charge >= 0.3 is 0 Å². The smallest absolute Gasteiger partial charge is 0.253 e. The van der Waals surface area contributed by atoms with E-state index in [-0.39, 0.29) is 24.1 Å². The summed E-state index contributed by atoms with van der Waals surface area (Å²) in [5.74, 6) is -0.894. The molecule has 25 heavy (non-hydrogen) atoms. The fraction of sp³-hybridized carbons (Fsp3) is 0.529. The van der Waals surface area contributed by atoms with Crippen molar-refractivity contribution in [3.8, 4) is 0 Å². The SMILES string of the molecule is CS(=O)(=O)CC[C@H](NC(=O)c1ccccc1Br)C(=O)NC1CCCC1. The summed E-state index contributed by atoms with van der Waals surface area (Å²) in [6, 6.07) is 6.11. The lowest BCUT2D eigenvalue weighted by Crippen LogP contribution is -2.49. The number of amides is 2. The summed E-state index contributed by atoms with van der Waals surface area (Å²) in [5.41, 5.74) is 0.403. The molecular weight excluding hydrogens is 408 g/mol. The second-order valence-electron chi connectivity index (χ2n) is 6.41. The van der Waals surface area contributed by atoms with Gasteiger partial charge in [-0.3, -0.25) is 9.59 Å². The first-order valence-corrected chi connectivity index (χ1v) is 11.1. The van der Waals surface area contributed by atoms with Gasteiger partial charge in [-0.15, -0.1) is 0 Å². The Morgan fingerprint density at radius 2 is 1.88 bits per heavy atom. The predicted molar refractivity (Wildman–Crippen MR) is 100 cm³/mol. The summed E-state index contributed by atoms with van der Waals surface area (Å²) in [4.78, 5) is 25.0. The van der Waals surface area contributed by atoms with Crippen LogP contribution in [0.4, 0.5) is 0 Å². The number of benzene rings is 1. The lowest BCUT2D eigenvalue weighted by Gasteiger charge is -2.21. The first-order valence-electron chi connectivity index (χ1n) is 8.30. The lowest BCUT2D eigenvalue weighted by molar-refractivity contribution is -0.123. The maximum absolute atomic E-state index is 12.5. The normalized spacial score (nSPS) is 16.4. The fourth-order valence-corrected chi connectivity index (χ4v) is 3.98. The molecule has 8 heteroatoms. The Labute approximate surface area is 156 Å². The van der Waals surface area contributed by atoms with E-state index >= 15 is 0 Å². The number of halogens is 1. The topological polar surface area (TPSA) is 92.3 Å². The van der Waals surface area contributed by atoms with Gasteiger partial charge in [-0.25, -0.2) is 8.42 Å². The van der Waals surface area contributed by atoms with E-state index in [1.165, 1.54) is 0 Å². The first kappa shape index (κ1) is 19.9. The second kappa shape index (κ2) is 8.80. The quantitative estimate of drug-likeness (QED) is 0.691. The highest BCUT2D eigenvalue weighted by molar-refractivity contribution is 9.10. The van der Waals surface area contributed by atoms with E-state index in [1.54, 1.807) is 24.3 Å². The molecule has 1 saturated carbocycles. The van der Waals surface area contributed by atoms with Gasteiger partial charge in [0.15, 0.2) is 0 Å². The summed E-state index contributed by atoms with van der Waals surface area (Å²) < 4.78 is 23.5. The van der Waals surface area contributed by atoms with E-state index in [1.807, 2.05) is 0 Å². The maximum atomic E-state index is 12.5. The number of rotatable bonds is 7. The molecule has 1 aromatic rings. The highest BCUT2D eigenvalue weighted by Gasteiger charge is 2.26. The van der Waals surface area contributed by atoms with E-state index in [0.29, 0.717) is 10.0 Å². The number of hydrogen-bond donors (Lipinski definition) is 2. The van der Waals surface area contributed by atoms with Crippen LogP contribution >= 0.6 is 15.9 Å². The summed E-state index contributed by atoms with van der Waals surface area (Å²) in [7, 11) is -3.23. The minimum Gasteiger partial charge on any atom is -0.352 e. The average molecular weight is 431 g/mol. The van der Waals surface area contributed by atoms with Crippen molar-refractivity contribution in [3.63, 3.8) is 0 Å². The minimum absolute atomic E-state index is 0.0492. The van der Waals surface area contributed by atoms with Crippen molar-refractivity contribution in [2.24, 2.45) is 0 Å². The fourth-order valence-electron chi connectivity index (χ4n) is 2.85. The molecule has 0 spiro atoms. The minimum atomic E-state index is -3.23. The Balaban J connectivity index is 2.08. The molecule has 0 saturated heterocycles. The number of sulfone groups is 1. The zero-order valence-corrected chi connectivity index (χ0v) is 16.5. The monoisotopic (exact) mass is 430 g/mol. The van der Waals surface area contributed by atoms with Crippen molar-refractivity contribution < 1.29 is 18.0 Å². The Hall–Kier alpha value is -1.41. The Morgan fingerprint density at radius 1 is 1.24 bits per heavy atom. The number of carbonyl (C=O) groups is 2. The van der Waals surface area contributed by atoms with Gasteiger partial charge in [0.25, 0.3) is 5.91 Å². The summed E-state index contributed by atoms with van der Waals surface area (Å²) in [5, 5.41) is 5.60. The predicted octanol–water partition coefficient (Wildman–Crippen LogP) is 2.04. The molecule has 1 aliphatic rings. The second-order valence-corrected chi connectivity index (χ2v) is 9.53. The van der Waals surface area contributed by atoms with Crippen molar-refractivity contribution in [3.05, 3.63) is 34.3 Å². The van der Waals surface area contributed by atoms with E-state index in [4.69, 9.17) is 0 Å². The van der Waals surface area contributed by atoms with E-state index in [9.17, 15) is 18.0 Å². The van der Waals surface area contributed by atoms with Crippen molar-refractivity contribution in [2.45, 2.75) is 44.2 Å². The standard InChI is InChI=1S/C17H23BrN2O4S/c1-25(23,24)11-10-15(17(22)19-12-6-2-3-7-12)20-16(21)13-8-4-5-9-14(13)18/h4-5,8-9,12,15H,2-3,6-7,10-11H2,1H3,(H,19,22)(H,20,21)/t15-/m0/s1. The van der Waals surface area contributed by atoms with Gasteiger partial charge in [-0.1, -0.05) is 25.0 Å². The van der Waals surface area contributed by atoms with Crippen LogP contribution in [-0.4, -0.2) is 44.3 Å². The van der Waals surface area contributed by atoms with Gasteiger partial charge in [0, 0.05) is 16.8 Å². The molecule has 1 aromatic carbocycles. The highest BCUT2D eigenvalue weighted by atomic mass is 79.9. The third kappa shape index (κ3) is 6.43. The maximum Gasteiger partial charge on any atom is 0.253 e. The molecule has 0 bridgehead atoms. The van der Waals surface area contributed by atoms with Crippen molar-refractivity contribution in [1.29, 1.82) is 0 Å². The van der Waals surface area contributed by atoms with Crippen LogP contribution in [0.5, 0.6) is 0 Å². The van der Waals surface area contributed by atoms with Gasteiger partial charge in [-0.05, 0) is 47.3 Å². The molecule has 0 unspecified atom stereocenters. The van der Waals surface area contributed by atoms with Crippen LogP contribution in [0.25, 0.3) is 0 Å². The first-order chi connectivity index (χ1) is 11.8. The molecule has 138 valence electrons. The van der Waals surface area contributed by atoms with Crippen LogP contribution in [-0.2, 0) is 14.6 Å². The van der Waals surface area contributed by atoms with Crippen LogP contribution in [0, 0.1) is 0 Å². The van der Waals surface area contributed by atoms with Crippen LogP contribution in [0.15, 0.2) is 28.7 Å². The van der Waals surface area contributed by atoms with Crippen molar-refractivity contribution in [2.75, 3.05) is 12.0 Å².